The van der Waals surface area contributed by atoms with Gasteiger partial charge in [0.05, 0.1) is 11.8 Å². The van der Waals surface area contributed by atoms with Gasteiger partial charge in [0, 0.05) is 19.3 Å². The standard InChI is InChI=1S/C17H21N3O4/c1-2-9-20-11-14(10-19-20)17(23)18-8-7-13-3-5-15(6-4-13)24-12-16(21)22/h3-6,10-11H,2,7-9,12H2,1H3,(H,18,23)(H,21,22). The average molecular weight is 331 g/mol. The summed E-state index contributed by atoms with van der Waals surface area (Å²) >= 11 is 0. The molecule has 1 aromatic heterocycles. The van der Waals surface area contributed by atoms with E-state index < -0.39 is 5.97 Å². The summed E-state index contributed by atoms with van der Waals surface area (Å²) in [7, 11) is 0. The molecule has 1 aromatic carbocycles. The average Bonchev–Trinajstić information content (AvgIpc) is 3.03. The Morgan fingerprint density at radius 1 is 1.29 bits per heavy atom. The molecule has 0 atom stereocenters. The predicted molar refractivity (Wildman–Crippen MR) is 88.1 cm³/mol. The number of ether oxygens (including phenoxy) is 1. The Morgan fingerprint density at radius 3 is 2.71 bits per heavy atom. The molecular formula is C17H21N3O4. The minimum atomic E-state index is -1.01. The summed E-state index contributed by atoms with van der Waals surface area (Å²) in [6.45, 7) is 3.00. The van der Waals surface area contributed by atoms with Crippen molar-refractivity contribution in [1.82, 2.24) is 15.1 Å². The minimum Gasteiger partial charge on any atom is -0.482 e. The molecule has 0 spiro atoms. The van der Waals surface area contributed by atoms with E-state index >= 15 is 0 Å². The lowest BCUT2D eigenvalue weighted by Crippen LogP contribution is -2.25. The summed E-state index contributed by atoms with van der Waals surface area (Å²) in [5, 5.41) is 15.5. The Labute approximate surface area is 140 Å². The van der Waals surface area contributed by atoms with E-state index in [4.69, 9.17) is 9.84 Å². The number of aromatic nitrogens is 2. The van der Waals surface area contributed by atoms with E-state index in [-0.39, 0.29) is 12.5 Å². The number of carbonyl (C=O) groups excluding carboxylic acids is 1. The fraction of sp³-hybridized carbons (Fsp3) is 0.353. The second-order valence-corrected chi connectivity index (χ2v) is 5.32. The van der Waals surface area contributed by atoms with E-state index in [0.717, 1.165) is 18.5 Å². The number of aryl methyl sites for hydroxylation is 1. The highest BCUT2D eigenvalue weighted by Crippen LogP contribution is 2.12. The first kappa shape index (κ1) is 17.5. The quantitative estimate of drug-likeness (QED) is 0.730. The summed E-state index contributed by atoms with van der Waals surface area (Å²) in [6, 6.07) is 7.13. The lowest BCUT2D eigenvalue weighted by molar-refractivity contribution is -0.139. The van der Waals surface area contributed by atoms with E-state index in [1.165, 1.54) is 0 Å². The minimum absolute atomic E-state index is 0.140. The molecule has 0 fully saturated rings. The third-order valence-electron chi connectivity index (χ3n) is 3.33. The van der Waals surface area contributed by atoms with Crippen LogP contribution in [-0.4, -0.2) is 39.9 Å². The molecule has 0 saturated carbocycles. The lowest BCUT2D eigenvalue weighted by Gasteiger charge is -2.06. The number of amides is 1. The zero-order chi connectivity index (χ0) is 17.4. The summed E-state index contributed by atoms with van der Waals surface area (Å²) in [5.41, 5.74) is 1.58. The Bertz CT molecular complexity index is 679. The molecule has 0 saturated heterocycles. The van der Waals surface area contributed by atoms with Crippen LogP contribution in [0.15, 0.2) is 36.7 Å². The fourth-order valence-electron chi connectivity index (χ4n) is 2.15. The van der Waals surface area contributed by atoms with Gasteiger partial charge in [-0.1, -0.05) is 19.1 Å². The monoisotopic (exact) mass is 331 g/mol. The topological polar surface area (TPSA) is 93.5 Å². The number of hydrogen-bond acceptors (Lipinski definition) is 4. The second kappa shape index (κ2) is 8.71. The number of carbonyl (C=O) groups is 2. The van der Waals surface area contributed by atoms with E-state index in [1.54, 1.807) is 29.2 Å². The first-order valence-electron chi connectivity index (χ1n) is 7.82. The van der Waals surface area contributed by atoms with Gasteiger partial charge >= 0.3 is 5.97 Å². The highest BCUT2D eigenvalue weighted by molar-refractivity contribution is 5.93. The van der Waals surface area contributed by atoms with Crippen LogP contribution in [0.2, 0.25) is 0 Å². The largest absolute Gasteiger partial charge is 0.482 e. The van der Waals surface area contributed by atoms with Crippen LogP contribution < -0.4 is 10.1 Å². The molecule has 0 radical (unpaired) electrons. The molecule has 0 unspecified atom stereocenters. The van der Waals surface area contributed by atoms with Crippen LogP contribution in [0, 0.1) is 0 Å². The molecule has 128 valence electrons. The van der Waals surface area contributed by atoms with Gasteiger partial charge in [0.15, 0.2) is 6.61 Å². The van der Waals surface area contributed by atoms with E-state index in [0.29, 0.717) is 24.3 Å². The summed E-state index contributed by atoms with van der Waals surface area (Å²) < 4.78 is 6.82. The van der Waals surface area contributed by atoms with Gasteiger partial charge in [-0.25, -0.2) is 4.79 Å². The van der Waals surface area contributed by atoms with Crippen LogP contribution in [0.3, 0.4) is 0 Å². The molecule has 2 aromatic rings. The molecule has 2 rings (SSSR count). The Balaban J connectivity index is 1.76. The highest BCUT2D eigenvalue weighted by atomic mass is 16.5. The van der Waals surface area contributed by atoms with E-state index in [9.17, 15) is 9.59 Å². The maximum absolute atomic E-state index is 12.0. The maximum atomic E-state index is 12.0. The summed E-state index contributed by atoms with van der Waals surface area (Å²) in [5.74, 6) is -0.642. The Hall–Kier alpha value is -2.83. The number of carboxylic acids is 1. The van der Waals surface area contributed by atoms with Crippen LogP contribution in [0.25, 0.3) is 0 Å². The molecular weight excluding hydrogens is 310 g/mol. The lowest BCUT2D eigenvalue weighted by atomic mass is 10.1. The number of nitrogens with zero attached hydrogens (tertiary/aromatic N) is 2. The third-order valence-corrected chi connectivity index (χ3v) is 3.33. The van der Waals surface area contributed by atoms with Crippen molar-refractivity contribution < 1.29 is 19.4 Å². The van der Waals surface area contributed by atoms with Crippen molar-refractivity contribution in [3.63, 3.8) is 0 Å². The zero-order valence-corrected chi connectivity index (χ0v) is 13.6. The summed E-state index contributed by atoms with van der Waals surface area (Å²) in [4.78, 5) is 22.4. The number of rotatable bonds is 9. The maximum Gasteiger partial charge on any atom is 0.341 e. The van der Waals surface area contributed by atoms with Gasteiger partial charge in [-0.3, -0.25) is 9.48 Å². The van der Waals surface area contributed by atoms with Gasteiger partial charge in [-0.05, 0) is 30.5 Å². The SMILES string of the molecule is CCCn1cc(C(=O)NCCc2ccc(OCC(=O)O)cc2)cn1. The van der Waals surface area contributed by atoms with Gasteiger partial charge in [0.2, 0.25) is 0 Å². The van der Waals surface area contributed by atoms with Crippen LogP contribution in [-0.2, 0) is 17.8 Å². The van der Waals surface area contributed by atoms with Crippen LogP contribution >= 0.6 is 0 Å². The normalized spacial score (nSPS) is 10.4. The first-order valence-corrected chi connectivity index (χ1v) is 7.82. The van der Waals surface area contributed by atoms with Crippen LogP contribution in [0.1, 0.15) is 29.3 Å². The van der Waals surface area contributed by atoms with Crippen molar-refractivity contribution in [2.24, 2.45) is 0 Å². The molecule has 1 heterocycles. The van der Waals surface area contributed by atoms with Gasteiger partial charge in [0.1, 0.15) is 5.75 Å². The van der Waals surface area contributed by atoms with E-state index in [1.807, 2.05) is 12.1 Å². The van der Waals surface area contributed by atoms with Gasteiger partial charge < -0.3 is 15.2 Å². The van der Waals surface area contributed by atoms with Crippen molar-refractivity contribution in [2.45, 2.75) is 26.3 Å². The number of benzene rings is 1. The fourth-order valence-corrected chi connectivity index (χ4v) is 2.15. The van der Waals surface area contributed by atoms with Gasteiger partial charge in [0.25, 0.3) is 5.91 Å². The number of hydrogen-bond donors (Lipinski definition) is 2. The van der Waals surface area contributed by atoms with Crippen LogP contribution in [0.4, 0.5) is 0 Å². The molecule has 7 heteroatoms. The van der Waals surface area contributed by atoms with Gasteiger partial charge in [-0.15, -0.1) is 0 Å². The van der Waals surface area contributed by atoms with Crippen molar-refractivity contribution in [1.29, 1.82) is 0 Å². The highest BCUT2D eigenvalue weighted by Gasteiger charge is 2.08. The van der Waals surface area contributed by atoms with Crippen molar-refractivity contribution >= 4 is 11.9 Å². The second-order valence-electron chi connectivity index (χ2n) is 5.32. The molecule has 0 bridgehead atoms. The van der Waals surface area contributed by atoms with Crippen molar-refractivity contribution in [3.05, 3.63) is 47.8 Å². The molecule has 0 aliphatic rings. The summed E-state index contributed by atoms with van der Waals surface area (Å²) in [6.07, 6.45) is 4.95. The third kappa shape index (κ3) is 5.42. The Morgan fingerprint density at radius 2 is 2.04 bits per heavy atom. The molecule has 1 amide bonds. The molecule has 24 heavy (non-hydrogen) atoms. The van der Waals surface area contributed by atoms with E-state index in [2.05, 4.69) is 17.3 Å². The molecule has 7 nitrogen and oxygen atoms in total. The smallest absolute Gasteiger partial charge is 0.341 e. The molecule has 0 aliphatic carbocycles. The number of carboxylic acid groups (broad SMARTS) is 1. The predicted octanol–water partition coefficient (Wildman–Crippen LogP) is 1.73. The first-order chi connectivity index (χ1) is 11.6. The van der Waals surface area contributed by atoms with Crippen molar-refractivity contribution in [2.75, 3.05) is 13.2 Å². The number of aliphatic carboxylic acids is 1. The van der Waals surface area contributed by atoms with Crippen molar-refractivity contribution in [3.8, 4) is 5.75 Å². The number of nitrogens with one attached hydrogen (secondary N) is 1. The molecule has 2 N–H and O–H groups in total. The Kier molecular flexibility index (Phi) is 6.36. The molecule has 0 aliphatic heterocycles. The van der Waals surface area contributed by atoms with Gasteiger partial charge in [-0.2, -0.15) is 5.10 Å². The van der Waals surface area contributed by atoms with Crippen LogP contribution in [0.5, 0.6) is 5.75 Å². The zero-order valence-electron chi connectivity index (χ0n) is 13.6.